The minimum Gasteiger partial charge on any atom is -0.367 e. The van der Waals surface area contributed by atoms with E-state index in [0.717, 1.165) is 19.3 Å². The van der Waals surface area contributed by atoms with Gasteiger partial charge in [-0.05, 0) is 12.8 Å². The fourth-order valence-corrected chi connectivity index (χ4v) is 3.30. The predicted molar refractivity (Wildman–Crippen MR) is 42.6 cm³/mol. The monoisotopic (exact) mass is 186 g/mol. The fraction of sp³-hybridized carbons (Fsp3) is 1.00. The summed E-state index contributed by atoms with van der Waals surface area (Å²) in [4.78, 5) is 0. The maximum atomic E-state index is 9.76. The number of hydrogen-bond donors (Lipinski definition) is 2. The maximum absolute atomic E-state index is 9.76. The molecular weight excluding hydrogens is 172 g/mol. The van der Waals surface area contributed by atoms with Crippen LogP contribution in [0.25, 0.3) is 0 Å². The van der Waals surface area contributed by atoms with E-state index >= 15 is 0 Å². The standard InChI is InChI=1S/C9H14O4/c10-6-8-2-1-3-9(8,5-13-6)7(11)12-4-8/h6-7,10-11H,1-5H2/t6?,7?,8-,9-/m0/s1. The predicted octanol–water partition coefficient (Wildman–Crippen LogP) is -0.160. The molecule has 4 atom stereocenters. The summed E-state index contributed by atoms with van der Waals surface area (Å²) in [5.74, 6) is 0. The molecule has 0 aromatic heterocycles. The van der Waals surface area contributed by atoms with Crippen LogP contribution in [0.3, 0.4) is 0 Å². The van der Waals surface area contributed by atoms with Gasteiger partial charge in [0.15, 0.2) is 12.6 Å². The van der Waals surface area contributed by atoms with Crippen LogP contribution in [0.2, 0.25) is 0 Å². The van der Waals surface area contributed by atoms with Crippen molar-refractivity contribution in [2.45, 2.75) is 31.8 Å². The lowest BCUT2D eigenvalue weighted by Gasteiger charge is -2.32. The third kappa shape index (κ3) is 0.687. The van der Waals surface area contributed by atoms with Gasteiger partial charge in [0.05, 0.1) is 24.0 Å². The molecule has 2 saturated heterocycles. The zero-order valence-electron chi connectivity index (χ0n) is 7.40. The molecule has 4 nitrogen and oxygen atoms in total. The average Bonchev–Trinajstić information content (AvgIpc) is 2.67. The molecule has 0 aromatic rings. The molecule has 0 aromatic carbocycles. The minimum atomic E-state index is -0.743. The molecule has 0 amide bonds. The van der Waals surface area contributed by atoms with Crippen LogP contribution in [-0.2, 0) is 9.47 Å². The van der Waals surface area contributed by atoms with Gasteiger partial charge in [-0.15, -0.1) is 0 Å². The summed E-state index contributed by atoms with van der Waals surface area (Å²) in [6.45, 7) is 0.880. The van der Waals surface area contributed by atoms with Crippen LogP contribution in [-0.4, -0.2) is 36.0 Å². The Morgan fingerprint density at radius 3 is 1.85 bits per heavy atom. The third-order valence-electron chi connectivity index (χ3n) is 4.18. The van der Waals surface area contributed by atoms with Gasteiger partial charge >= 0.3 is 0 Å². The quantitative estimate of drug-likeness (QED) is 0.552. The first-order valence-corrected chi connectivity index (χ1v) is 4.81. The molecule has 1 aliphatic carbocycles. The molecule has 0 bridgehead atoms. The zero-order valence-corrected chi connectivity index (χ0v) is 7.40. The van der Waals surface area contributed by atoms with E-state index in [1.165, 1.54) is 0 Å². The van der Waals surface area contributed by atoms with E-state index in [-0.39, 0.29) is 10.8 Å². The SMILES string of the molecule is OC1OC[C@]23CCC[C@]12COC3O. The van der Waals surface area contributed by atoms with Crippen molar-refractivity contribution in [1.29, 1.82) is 0 Å². The molecular formula is C9H14O4. The van der Waals surface area contributed by atoms with Crippen LogP contribution in [0.15, 0.2) is 0 Å². The van der Waals surface area contributed by atoms with Crippen LogP contribution in [0, 0.1) is 10.8 Å². The Morgan fingerprint density at radius 2 is 1.38 bits per heavy atom. The Hall–Kier alpha value is -0.160. The van der Waals surface area contributed by atoms with Crippen LogP contribution in [0.1, 0.15) is 19.3 Å². The van der Waals surface area contributed by atoms with Gasteiger partial charge in [-0.1, -0.05) is 6.42 Å². The lowest BCUT2D eigenvalue weighted by atomic mass is 9.69. The summed E-state index contributed by atoms with van der Waals surface area (Å²) in [6, 6.07) is 0. The van der Waals surface area contributed by atoms with E-state index < -0.39 is 12.6 Å². The lowest BCUT2D eigenvalue weighted by Crippen LogP contribution is -2.42. The first kappa shape index (κ1) is 8.17. The molecule has 0 radical (unpaired) electrons. The number of ether oxygens (including phenoxy) is 2. The smallest absolute Gasteiger partial charge is 0.163 e. The van der Waals surface area contributed by atoms with Crippen molar-refractivity contribution in [3.05, 3.63) is 0 Å². The van der Waals surface area contributed by atoms with Crippen LogP contribution in [0.5, 0.6) is 0 Å². The second-order valence-corrected chi connectivity index (χ2v) is 4.49. The van der Waals surface area contributed by atoms with E-state index in [1.54, 1.807) is 0 Å². The van der Waals surface area contributed by atoms with Gasteiger partial charge < -0.3 is 19.7 Å². The van der Waals surface area contributed by atoms with Gasteiger partial charge in [0.2, 0.25) is 0 Å². The molecule has 74 valence electrons. The molecule has 3 aliphatic rings. The third-order valence-corrected chi connectivity index (χ3v) is 4.18. The van der Waals surface area contributed by atoms with E-state index in [9.17, 15) is 10.2 Å². The van der Waals surface area contributed by atoms with Gasteiger partial charge in [0.1, 0.15) is 0 Å². The summed E-state index contributed by atoms with van der Waals surface area (Å²) in [5.41, 5.74) is -0.626. The largest absolute Gasteiger partial charge is 0.367 e. The van der Waals surface area contributed by atoms with Crippen molar-refractivity contribution in [2.75, 3.05) is 13.2 Å². The Balaban J connectivity index is 2.09. The molecule has 2 heterocycles. The summed E-state index contributed by atoms with van der Waals surface area (Å²) < 4.78 is 10.5. The van der Waals surface area contributed by atoms with Crippen LogP contribution < -0.4 is 0 Å². The summed E-state index contributed by atoms with van der Waals surface area (Å²) in [7, 11) is 0. The van der Waals surface area contributed by atoms with E-state index in [2.05, 4.69) is 0 Å². The van der Waals surface area contributed by atoms with Crippen molar-refractivity contribution in [1.82, 2.24) is 0 Å². The number of rotatable bonds is 0. The Labute approximate surface area is 76.5 Å². The van der Waals surface area contributed by atoms with Crippen molar-refractivity contribution in [3.63, 3.8) is 0 Å². The van der Waals surface area contributed by atoms with Crippen molar-refractivity contribution in [2.24, 2.45) is 10.8 Å². The van der Waals surface area contributed by atoms with E-state index in [4.69, 9.17) is 9.47 Å². The van der Waals surface area contributed by atoms with E-state index in [0.29, 0.717) is 13.2 Å². The number of aliphatic hydroxyl groups is 2. The zero-order chi connectivity index (χ0) is 9.10. The van der Waals surface area contributed by atoms with E-state index in [1.807, 2.05) is 0 Å². The van der Waals surface area contributed by atoms with Gasteiger partial charge in [-0.25, -0.2) is 0 Å². The number of aliphatic hydroxyl groups excluding tert-OH is 2. The molecule has 1 saturated carbocycles. The van der Waals surface area contributed by atoms with Crippen LogP contribution in [0.4, 0.5) is 0 Å². The molecule has 4 heteroatoms. The molecule has 3 rings (SSSR count). The summed E-state index contributed by atoms with van der Waals surface area (Å²) in [6.07, 6.45) is 1.39. The Kier molecular flexibility index (Phi) is 1.42. The second-order valence-electron chi connectivity index (χ2n) is 4.49. The van der Waals surface area contributed by atoms with Gasteiger partial charge in [-0.2, -0.15) is 0 Å². The van der Waals surface area contributed by atoms with Crippen molar-refractivity contribution >= 4 is 0 Å². The highest BCUT2D eigenvalue weighted by Crippen LogP contribution is 2.64. The topological polar surface area (TPSA) is 58.9 Å². The molecule has 3 fully saturated rings. The average molecular weight is 186 g/mol. The van der Waals surface area contributed by atoms with Gasteiger partial charge in [0, 0.05) is 0 Å². The summed E-state index contributed by atoms with van der Waals surface area (Å²) in [5, 5.41) is 19.5. The highest BCUT2D eigenvalue weighted by Gasteiger charge is 2.71. The Morgan fingerprint density at radius 1 is 0.923 bits per heavy atom. The first-order chi connectivity index (χ1) is 6.21. The fourth-order valence-electron chi connectivity index (χ4n) is 3.30. The van der Waals surface area contributed by atoms with Gasteiger partial charge in [0.25, 0.3) is 0 Å². The molecule has 2 unspecified atom stereocenters. The molecule has 2 aliphatic heterocycles. The lowest BCUT2D eigenvalue weighted by molar-refractivity contribution is -0.152. The highest BCUT2D eigenvalue weighted by atomic mass is 16.6. The van der Waals surface area contributed by atoms with Crippen LogP contribution >= 0.6 is 0 Å². The molecule has 0 spiro atoms. The Bertz CT molecular complexity index is 220. The van der Waals surface area contributed by atoms with Crippen molar-refractivity contribution in [3.8, 4) is 0 Å². The van der Waals surface area contributed by atoms with Gasteiger partial charge in [-0.3, -0.25) is 0 Å². The first-order valence-electron chi connectivity index (χ1n) is 4.81. The minimum absolute atomic E-state index is 0.313. The highest BCUT2D eigenvalue weighted by molar-refractivity contribution is 5.12. The van der Waals surface area contributed by atoms with Crippen molar-refractivity contribution < 1.29 is 19.7 Å². The molecule has 13 heavy (non-hydrogen) atoms. The summed E-state index contributed by atoms with van der Waals surface area (Å²) >= 11 is 0. The number of hydrogen-bond acceptors (Lipinski definition) is 4. The maximum Gasteiger partial charge on any atom is 0.163 e. The molecule has 2 N–H and O–H groups in total. The second kappa shape index (κ2) is 2.25. The normalized spacial score (nSPS) is 59.5.